The van der Waals surface area contributed by atoms with Crippen LogP contribution in [0.15, 0.2) is 54.6 Å². The van der Waals surface area contributed by atoms with Crippen LogP contribution in [0.4, 0.5) is 0 Å². The zero-order valence-corrected chi connectivity index (χ0v) is 47.7. The maximum absolute atomic E-state index is 14.8. The molecule has 12 heteroatoms. The second kappa shape index (κ2) is 38.4. The number of ether oxygens (including phenoxy) is 6. The summed E-state index contributed by atoms with van der Waals surface area (Å²) in [5, 5.41) is 0. The number of hydrogen-bond acceptors (Lipinski definition) is 9. The number of amides is 3. The van der Waals surface area contributed by atoms with Crippen molar-refractivity contribution in [3.8, 4) is 34.5 Å². The van der Waals surface area contributed by atoms with Crippen LogP contribution in [0, 0.1) is 0 Å². The Hall–Kier alpha value is -5.13. The third kappa shape index (κ3) is 23.3. The van der Waals surface area contributed by atoms with Crippen molar-refractivity contribution in [1.82, 2.24) is 14.7 Å². The fraction of sp³-hybridized carbons (Fsp3) is 0.667. The van der Waals surface area contributed by atoms with E-state index in [-0.39, 0.29) is 57.0 Å². The highest BCUT2D eigenvalue weighted by molar-refractivity contribution is 5.97. The number of benzene rings is 3. The number of nitrogens with zero attached hydrogens (tertiary/aromatic N) is 3. The minimum Gasteiger partial charge on any atom is -0.490 e. The Bertz CT molecular complexity index is 1800. The zero-order valence-electron chi connectivity index (χ0n) is 47.7. The molecule has 0 aliphatic carbocycles. The third-order valence-electron chi connectivity index (χ3n) is 13.9. The van der Waals surface area contributed by atoms with Gasteiger partial charge in [-0.25, -0.2) is 0 Å². The van der Waals surface area contributed by atoms with E-state index in [9.17, 15) is 14.4 Å². The number of carbonyl (C=O) groups excluding carboxylic acids is 3. The summed E-state index contributed by atoms with van der Waals surface area (Å²) in [7, 11) is 0. The van der Waals surface area contributed by atoms with Crippen molar-refractivity contribution in [3.63, 3.8) is 0 Å². The molecule has 0 spiro atoms. The first-order valence-electron chi connectivity index (χ1n) is 29.8. The maximum Gasteiger partial charge on any atom is 0.254 e. The van der Waals surface area contributed by atoms with E-state index in [0.717, 1.165) is 154 Å². The van der Waals surface area contributed by atoms with Gasteiger partial charge >= 0.3 is 0 Å². The van der Waals surface area contributed by atoms with Crippen molar-refractivity contribution in [3.05, 3.63) is 71.3 Å². The van der Waals surface area contributed by atoms with Crippen LogP contribution in [0.25, 0.3) is 0 Å². The molecule has 1 fully saturated rings. The number of rotatable bonds is 39. The lowest BCUT2D eigenvalue weighted by atomic mass is 10.1. The molecule has 75 heavy (non-hydrogen) atoms. The summed E-state index contributed by atoms with van der Waals surface area (Å²) in [6.45, 7) is 18.0. The highest BCUT2D eigenvalue weighted by Crippen LogP contribution is 2.33. The van der Waals surface area contributed by atoms with Crippen LogP contribution in [0.2, 0.25) is 0 Å². The van der Waals surface area contributed by atoms with Gasteiger partial charge in [-0.3, -0.25) is 14.4 Å². The average Bonchev–Trinajstić information content (AvgIpc) is 3.54. The summed E-state index contributed by atoms with van der Waals surface area (Å²) < 4.78 is 37.8. The number of hydrogen-bond donors (Lipinski definition) is 0. The van der Waals surface area contributed by atoms with Gasteiger partial charge in [0.2, 0.25) is 0 Å². The Morgan fingerprint density at radius 2 is 0.493 bits per heavy atom. The predicted molar refractivity (Wildman–Crippen MR) is 305 cm³/mol. The van der Waals surface area contributed by atoms with E-state index in [2.05, 4.69) is 41.5 Å². The molecule has 0 N–H and O–H groups in total. The van der Waals surface area contributed by atoms with Crippen LogP contribution >= 0.6 is 0 Å². The highest BCUT2D eigenvalue weighted by atomic mass is 16.5. The second-order valence-electron chi connectivity index (χ2n) is 20.3. The van der Waals surface area contributed by atoms with E-state index in [0.29, 0.717) is 90.8 Å². The van der Waals surface area contributed by atoms with Crippen molar-refractivity contribution in [1.29, 1.82) is 0 Å². The van der Waals surface area contributed by atoms with E-state index in [1.165, 1.54) is 0 Å². The van der Waals surface area contributed by atoms with Gasteiger partial charge in [0, 0.05) is 56.0 Å². The second-order valence-corrected chi connectivity index (χ2v) is 20.3. The van der Waals surface area contributed by atoms with Gasteiger partial charge in [-0.05, 0) is 93.1 Å². The van der Waals surface area contributed by atoms with Crippen LogP contribution in [-0.2, 0) is 0 Å². The topological polar surface area (TPSA) is 116 Å². The monoisotopic (exact) mass is 1040 g/mol. The third-order valence-corrected chi connectivity index (χ3v) is 13.9. The summed E-state index contributed by atoms with van der Waals surface area (Å²) in [6.07, 6.45) is 25.7. The lowest BCUT2D eigenvalue weighted by Crippen LogP contribution is -2.41. The largest absolute Gasteiger partial charge is 0.490 e. The summed E-state index contributed by atoms with van der Waals surface area (Å²) in [4.78, 5) is 49.8. The Morgan fingerprint density at radius 3 is 0.693 bits per heavy atom. The summed E-state index contributed by atoms with van der Waals surface area (Å²) in [6, 6.07) is 16.4. The van der Waals surface area contributed by atoms with Gasteiger partial charge in [-0.2, -0.15) is 0 Å². The van der Waals surface area contributed by atoms with E-state index >= 15 is 0 Å². The molecule has 1 aliphatic heterocycles. The van der Waals surface area contributed by atoms with Gasteiger partial charge in [0.25, 0.3) is 17.7 Å². The SMILES string of the molecule is CCCCCCOc1ccc(C(=O)N2CCN(C(=O)c3ccc(OCCCCCC)c(OCCCCCC)c3)CCN(C(=O)c3ccc(OCCCCCC)c(OCCCCCC)c3)CC2)cc1OCCCCCC. The van der Waals surface area contributed by atoms with Gasteiger partial charge in [0.15, 0.2) is 34.5 Å². The molecule has 3 aromatic carbocycles. The fourth-order valence-electron chi connectivity index (χ4n) is 9.10. The zero-order chi connectivity index (χ0) is 53.7. The van der Waals surface area contributed by atoms with Crippen molar-refractivity contribution in [2.24, 2.45) is 0 Å². The molecule has 1 heterocycles. The lowest BCUT2D eigenvalue weighted by Gasteiger charge is -2.26. The van der Waals surface area contributed by atoms with Crippen LogP contribution in [0.3, 0.4) is 0 Å². The molecule has 3 amide bonds. The molecular weight excluding hydrogens is 943 g/mol. The first-order chi connectivity index (χ1) is 36.8. The smallest absolute Gasteiger partial charge is 0.254 e. The molecule has 3 aromatic rings. The Labute approximate surface area is 453 Å². The van der Waals surface area contributed by atoms with Gasteiger partial charge in [-0.15, -0.1) is 0 Å². The molecule has 4 rings (SSSR count). The summed E-state index contributed by atoms with van der Waals surface area (Å²) in [5.41, 5.74) is 1.39. The van der Waals surface area contributed by atoms with Gasteiger partial charge in [0.05, 0.1) is 39.6 Å². The van der Waals surface area contributed by atoms with E-state index in [1.54, 1.807) is 51.1 Å². The summed E-state index contributed by atoms with van der Waals surface area (Å²) >= 11 is 0. The van der Waals surface area contributed by atoms with Crippen LogP contribution in [-0.4, -0.2) is 111 Å². The minimum atomic E-state index is -0.208. The normalized spacial score (nSPS) is 13.0. The predicted octanol–water partition coefficient (Wildman–Crippen LogP) is 15.2. The standard InChI is InChI=1S/C63H99N3O9/c1-7-13-19-25-43-70-55-34-31-52(49-58(55)73-46-28-22-16-10-4)61(67)64-37-39-65(62(68)53-32-35-56(71-44-26-20-14-8-2)59(50-53)74-47-29-23-17-11-5)41-42-66(40-38-64)63(69)54-33-36-57(72-45-27-21-15-9-3)60(51-54)75-48-30-24-18-12-6/h31-36,49-51H,7-30,37-48H2,1-6H3. The first kappa shape index (κ1) is 62.4. The molecule has 1 aliphatic rings. The van der Waals surface area contributed by atoms with Gasteiger partial charge < -0.3 is 43.1 Å². The lowest BCUT2D eigenvalue weighted by molar-refractivity contribution is 0.0679. The van der Waals surface area contributed by atoms with Crippen molar-refractivity contribution in [2.75, 3.05) is 78.9 Å². The van der Waals surface area contributed by atoms with Crippen molar-refractivity contribution in [2.45, 2.75) is 196 Å². The molecule has 0 aromatic heterocycles. The van der Waals surface area contributed by atoms with Gasteiger partial charge in [-0.1, -0.05) is 157 Å². The summed E-state index contributed by atoms with van der Waals surface area (Å²) in [5.74, 6) is 2.93. The van der Waals surface area contributed by atoms with Crippen LogP contribution in [0.5, 0.6) is 34.5 Å². The van der Waals surface area contributed by atoms with Crippen molar-refractivity contribution < 1.29 is 42.8 Å². The minimum absolute atomic E-state index is 0.208. The first-order valence-corrected chi connectivity index (χ1v) is 29.8. The Balaban J connectivity index is 1.68. The van der Waals surface area contributed by atoms with Crippen LogP contribution in [0.1, 0.15) is 227 Å². The molecule has 0 atom stereocenters. The van der Waals surface area contributed by atoms with Crippen molar-refractivity contribution >= 4 is 17.7 Å². The molecule has 420 valence electrons. The van der Waals surface area contributed by atoms with E-state index in [4.69, 9.17) is 28.4 Å². The Kier molecular flexibility index (Phi) is 32.0. The quantitative estimate of drug-likeness (QED) is 0.0515. The molecule has 0 radical (unpaired) electrons. The Morgan fingerprint density at radius 1 is 0.293 bits per heavy atom. The maximum atomic E-state index is 14.8. The fourth-order valence-corrected chi connectivity index (χ4v) is 9.10. The highest BCUT2D eigenvalue weighted by Gasteiger charge is 2.28. The molecule has 0 bridgehead atoms. The van der Waals surface area contributed by atoms with E-state index < -0.39 is 0 Å². The molecule has 1 saturated heterocycles. The molecule has 0 unspecified atom stereocenters. The van der Waals surface area contributed by atoms with Crippen LogP contribution < -0.4 is 28.4 Å². The molecule has 12 nitrogen and oxygen atoms in total. The molecule has 0 saturated carbocycles. The van der Waals surface area contributed by atoms with E-state index in [1.807, 2.05) is 18.2 Å². The number of carbonyl (C=O) groups is 3. The number of unbranched alkanes of at least 4 members (excludes halogenated alkanes) is 18. The molecular formula is C63H99N3O9. The average molecular weight is 1040 g/mol. The van der Waals surface area contributed by atoms with Gasteiger partial charge in [0.1, 0.15) is 0 Å².